The van der Waals surface area contributed by atoms with Crippen molar-refractivity contribution in [2.45, 2.75) is 65.8 Å². The Morgan fingerprint density at radius 2 is 1.14 bits per heavy atom. The van der Waals surface area contributed by atoms with Gasteiger partial charge < -0.3 is 40.4 Å². The number of ketones is 1. The first-order valence-corrected chi connectivity index (χ1v) is 16.7. The Labute approximate surface area is 326 Å². The van der Waals surface area contributed by atoms with Gasteiger partial charge in [-0.3, -0.25) is 14.4 Å². The van der Waals surface area contributed by atoms with E-state index in [0.29, 0.717) is 32.5 Å². The third-order valence-corrected chi connectivity index (χ3v) is 7.66. The van der Waals surface area contributed by atoms with Crippen LogP contribution < -0.4 is 29.6 Å². The summed E-state index contributed by atoms with van der Waals surface area (Å²) in [6, 6.07) is 18.8. The molecule has 13 nitrogen and oxygen atoms in total. The molecule has 2 fully saturated rings. The van der Waals surface area contributed by atoms with Crippen LogP contribution in [0.2, 0.25) is 0 Å². The average Bonchev–Trinajstić information content (AvgIpc) is 3.43. The Bertz CT molecular complexity index is 1310. The van der Waals surface area contributed by atoms with Gasteiger partial charge >= 0.3 is 53.7 Å². The van der Waals surface area contributed by atoms with Crippen LogP contribution >= 0.6 is 0 Å². The van der Waals surface area contributed by atoms with E-state index < -0.39 is 42.1 Å². The van der Waals surface area contributed by atoms with Gasteiger partial charge in [0.25, 0.3) is 0 Å². The molecule has 2 aromatic carbocycles. The van der Waals surface area contributed by atoms with Gasteiger partial charge in [0.05, 0.1) is 25.2 Å². The zero-order chi connectivity index (χ0) is 36.0. The molecule has 2 aromatic rings. The maximum absolute atomic E-state index is 12.1. The summed E-state index contributed by atoms with van der Waals surface area (Å²) in [6.07, 6.45) is -0.551. The van der Waals surface area contributed by atoms with Gasteiger partial charge in [0, 0.05) is 47.6 Å². The van der Waals surface area contributed by atoms with Crippen LogP contribution in [0.1, 0.15) is 59.0 Å². The van der Waals surface area contributed by atoms with E-state index >= 15 is 0 Å². The monoisotopic (exact) mass is 721 g/mol. The van der Waals surface area contributed by atoms with E-state index in [2.05, 4.69) is 0 Å². The van der Waals surface area contributed by atoms with Crippen molar-refractivity contribution in [2.24, 2.45) is 11.8 Å². The van der Waals surface area contributed by atoms with Crippen LogP contribution in [-0.4, -0.2) is 110 Å². The van der Waals surface area contributed by atoms with Gasteiger partial charge in [0.2, 0.25) is 0 Å². The minimum Gasteiger partial charge on any atom is -1.00 e. The predicted octanol–water partition coefficient (Wildman–Crippen LogP) is 0.861. The molecule has 2 aliphatic heterocycles. The smallest absolute Gasteiger partial charge is 1.00 e. The van der Waals surface area contributed by atoms with E-state index in [1.54, 1.807) is 20.8 Å². The molecule has 2 saturated heterocycles. The minimum atomic E-state index is -0.791. The van der Waals surface area contributed by atoms with Crippen molar-refractivity contribution in [1.82, 2.24) is 9.80 Å². The predicted molar refractivity (Wildman–Crippen MR) is 186 cm³/mol. The largest absolute Gasteiger partial charge is 1.00 e. The number of ether oxygens (including phenoxy) is 4. The fourth-order valence-corrected chi connectivity index (χ4v) is 5.07. The summed E-state index contributed by atoms with van der Waals surface area (Å²) >= 11 is 0. The summed E-state index contributed by atoms with van der Waals surface area (Å²) in [4.78, 5) is 62.9. The Kier molecular flexibility index (Phi) is 25.4. The van der Waals surface area contributed by atoms with E-state index in [4.69, 9.17) is 24.1 Å². The number of amides is 2. The molecule has 0 spiro atoms. The molecule has 2 heterocycles. The van der Waals surface area contributed by atoms with Crippen molar-refractivity contribution in [3.05, 3.63) is 71.8 Å². The maximum Gasteiger partial charge on any atom is 1.00 e. The van der Waals surface area contributed by atoms with Crippen molar-refractivity contribution in [2.75, 3.05) is 46.0 Å². The molecular weight excluding hydrogens is 670 g/mol. The first kappa shape index (κ1) is 47.6. The molecule has 275 valence electrons. The number of hydrogen-bond donors (Lipinski definition) is 2. The number of carbonyl (C=O) groups is 5. The number of nitrogens with zero attached hydrogens (tertiary/aromatic N) is 2. The fraction of sp³-hybridized carbons (Fsp3) is 0.528. The molecule has 15 heteroatoms. The Hall–Kier alpha value is -3.43. The molecular formula is C36H51BN2NaO11. The zero-order valence-corrected chi connectivity index (χ0v) is 32.2. The van der Waals surface area contributed by atoms with Crippen LogP contribution in [0.15, 0.2) is 60.7 Å². The summed E-state index contributed by atoms with van der Waals surface area (Å²) in [5, 5.41) is 17.6. The standard InChI is InChI=1S/C17H23NO5.C17H21NO5.C2H6O.B.Na.H/c2*1-2-22-16(20)14-8-10-18(11-9-15(14)19)17(21)23-12-13-6-4-3-5-7-13;1-2-3;;;/h3-7,14-15,19H,2,8-12H2,1H3;3-7,14H,2,8-12H2,1H3;3H,2H2,1H3;;;/q;;;;+1;-1. The quantitative estimate of drug-likeness (QED) is 0.172. The van der Waals surface area contributed by atoms with Crippen molar-refractivity contribution >= 4 is 38.3 Å². The Balaban J connectivity index is 0. The summed E-state index contributed by atoms with van der Waals surface area (Å²) < 4.78 is 20.4. The molecule has 2 N–H and O–H groups in total. The second-order valence-corrected chi connectivity index (χ2v) is 11.2. The molecule has 0 saturated carbocycles. The van der Waals surface area contributed by atoms with Crippen molar-refractivity contribution < 1.29 is 84.1 Å². The number of aliphatic hydroxyl groups excluding tert-OH is 2. The van der Waals surface area contributed by atoms with Crippen LogP contribution in [0.4, 0.5) is 9.59 Å². The molecule has 0 aromatic heterocycles. The van der Waals surface area contributed by atoms with Gasteiger partial charge in [-0.25, -0.2) is 9.59 Å². The molecule has 3 atom stereocenters. The van der Waals surface area contributed by atoms with Crippen molar-refractivity contribution in [3.63, 3.8) is 0 Å². The molecule has 0 aliphatic carbocycles. The van der Waals surface area contributed by atoms with Crippen LogP contribution in [0, 0.1) is 11.8 Å². The topological polar surface area (TPSA) is 169 Å². The second-order valence-electron chi connectivity index (χ2n) is 11.2. The van der Waals surface area contributed by atoms with Gasteiger partial charge in [-0.1, -0.05) is 60.7 Å². The molecule has 2 aliphatic rings. The fourth-order valence-electron chi connectivity index (χ4n) is 5.07. The summed E-state index contributed by atoms with van der Waals surface area (Å²) in [5.74, 6) is -2.44. The van der Waals surface area contributed by atoms with E-state index in [1.807, 2.05) is 60.7 Å². The second kappa shape index (κ2) is 27.3. The van der Waals surface area contributed by atoms with Crippen molar-refractivity contribution in [3.8, 4) is 0 Å². The molecule has 2 amide bonds. The summed E-state index contributed by atoms with van der Waals surface area (Å²) in [5.41, 5.74) is 1.82. The third kappa shape index (κ3) is 17.6. The molecule has 4 rings (SSSR count). The number of esters is 2. The van der Waals surface area contributed by atoms with E-state index in [0.717, 1.165) is 11.1 Å². The Morgan fingerprint density at radius 1 is 0.706 bits per heavy atom. The number of carbonyl (C=O) groups excluding carboxylic acids is 5. The van der Waals surface area contributed by atoms with E-state index in [9.17, 15) is 29.1 Å². The van der Waals surface area contributed by atoms with Gasteiger partial charge in [-0.15, -0.1) is 0 Å². The van der Waals surface area contributed by atoms with Crippen LogP contribution in [0.5, 0.6) is 0 Å². The number of rotatable bonds is 8. The van der Waals surface area contributed by atoms with Gasteiger partial charge in [-0.2, -0.15) is 0 Å². The SMILES string of the molecule is CCO.CCOC(=O)C1CCN(C(=O)OCc2ccccc2)CCC1=O.CCOC(=O)C1CCN(C(=O)OCc2ccccc2)CCC1O.[B].[H-].[Na+]. The summed E-state index contributed by atoms with van der Waals surface area (Å²) in [6.45, 7) is 7.59. The first-order chi connectivity index (χ1) is 23.6. The van der Waals surface area contributed by atoms with Gasteiger partial charge in [0.15, 0.2) is 0 Å². The summed E-state index contributed by atoms with van der Waals surface area (Å²) in [7, 11) is 0. The number of benzene rings is 2. The number of aliphatic hydroxyl groups is 2. The molecule has 0 bridgehead atoms. The average molecular weight is 722 g/mol. The van der Waals surface area contributed by atoms with Gasteiger partial charge in [-0.05, 0) is 51.2 Å². The molecule has 3 unspecified atom stereocenters. The number of likely N-dealkylation sites (tertiary alicyclic amines) is 2. The van der Waals surface area contributed by atoms with E-state index in [-0.39, 0.29) is 97.6 Å². The number of Topliss-reactive ketones (excluding diaryl/α,β-unsaturated/α-hetero) is 1. The van der Waals surface area contributed by atoms with Gasteiger partial charge in [0.1, 0.15) is 24.9 Å². The third-order valence-electron chi connectivity index (χ3n) is 7.66. The number of hydrogen-bond acceptors (Lipinski definition) is 11. The minimum absolute atomic E-state index is 0. The molecule has 3 radical (unpaired) electrons. The Morgan fingerprint density at radius 3 is 1.63 bits per heavy atom. The van der Waals surface area contributed by atoms with Crippen LogP contribution in [0.3, 0.4) is 0 Å². The van der Waals surface area contributed by atoms with E-state index in [1.165, 1.54) is 9.80 Å². The maximum atomic E-state index is 12.1. The van der Waals surface area contributed by atoms with Crippen LogP contribution in [0.25, 0.3) is 0 Å². The van der Waals surface area contributed by atoms with Crippen molar-refractivity contribution in [1.29, 1.82) is 0 Å². The normalized spacial score (nSPS) is 18.2. The molecule has 51 heavy (non-hydrogen) atoms. The van der Waals surface area contributed by atoms with Crippen LogP contribution in [-0.2, 0) is 46.5 Å². The zero-order valence-electron chi connectivity index (χ0n) is 31.2. The first-order valence-electron chi connectivity index (χ1n) is 16.7.